The topological polar surface area (TPSA) is 57.4 Å². The lowest BCUT2D eigenvalue weighted by molar-refractivity contribution is 0.0906. The fourth-order valence-electron chi connectivity index (χ4n) is 2.47. The molecule has 0 bridgehead atoms. The molecule has 1 aliphatic heterocycles. The van der Waals surface area contributed by atoms with Crippen LogP contribution in [0.1, 0.15) is 19.3 Å². The number of benzene rings is 1. The Bertz CT molecular complexity index is 565. The summed E-state index contributed by atoms with van der Waals surface area (Å²) in [7, 11) is 0. The Morgan fingerprint density at radius 3 is 3.16 bits per heavy atom. The summed E-state index contributed by atoms with van der Waals surface area (Å²) >= 11 is 0. The number of nitrogen functional groups attached to an aromatic ring is 1. The predicted octanol–water partition coefficient (Wildman–Crippen LogP) is 2.76. The molecule has 1 atom stereocenters. The second-order valence-corrected chi connectivity index (χ2v) is 4.82. The SMILES string of the molecule is Nc1ccc(OCCC2CCCO2)c2cccnc12. The average Bonchev–Trinajstić information content (AvgIpc) is 2.95. The molecule has 0 spiro atoms. The van der Waals surface area contributed by atoms with Crippen molar-refractivity contribution in [2.45, 2.75) is 25.4 Å². The Morgan fingerprint density at radius 1 is 1.37 bits per heavy atom. The standard InChI is InChI=1S/C15H18N2O2/c16-13-5-6-14(12-4-1-8-17-15(12)13)19-10-7-11-3-2-9-18-11/h1,4-6,8,11H,2-3,7,9-10,16H2. The van der Waals surface area contributed by atoms with Crippen LogP contribution in [0.3, 0.4) is 0 Å². The number of pyridine rings is 1. The Kier molecular flexibility index (Phi) is 3.51. The first-order valence-corrected chi connectivity index (χ1v) is 6.72. The molecule has 3 rings (SSSR count). The maximum absolute atomic E-state index is 5.92. The molecule has 4 nitrogen and oxygen atoms in total. The summed E-state index contributed by atoms with van der Waals surface area (Å²) in [6.45, 7) is 1.55. The van der Waals surface area contributed by atoms with E-state index in [0.29, 0.717) is 18.4 Å². The molecule has 1 fully saturated rings. The maximum atomic E-state index is 5.92. The van der Waals surface area contributed by atoms with Crippen LogP contribution >= 0.6 is 0 Å². The average molecular weight is 258 g/mol. The first-order valence-electron chi connectivity index (χ1n) is 6.72. The van der Waals surface area contributed by atoms with Gasteiger partial charge < -0.3 is 15.2 Å². The van der Waals surface area contributed by atoms with Gasteiger partial charge in [-0.3, -0.25) is 4.98 Å². The first-order chi connectivity index (χ1) is 9.34. The monoisotopic (exact) mass is 258 g/mol. The molecule has 0 radical (unpaired) electrons. The van der Waals surface area contributed by atoms with Gasteiger partial charge in [-0.1, -0.05) is 0 Å². The van der Waals surface area contributed by atoms with Crippen molar-refractivity contribution in [1.82, 2.24) is 4.98 Å². The molecule has 2 N–H and O–H groups in total. The van der Waals surface area contributed by atoms with Crippen molar-refractivity contribution < 1.29 is 9.47 Å². The molecular weight excluding hydrogens is 240 g/mol. The summed E-state index contributed by atoms with van der Waals surface area (Å²) in [6, 6.07) is 7.64. The molecule has 1 unspecified atom stereocenters. The predicted molar refractivity (Wildman–Crippen MR) is 75.2 cm³/mol. The number of nitrogens with two attached hydrogens (primary N) is 1. The van der Waals surface area contributed by atoms with Gasteiger partial charge in [-0.15, -0.1) is 0 Å². The van der Waals surface area contributed by atoms with E-state index in [1.54, 1.807) is 6.20 Å². The largest absolute Gasteiger partial charge is 0.493 e. The molecule has 4 heteroatoms. The minimum atomic E-state index is 0.359. The molecule has 1 saturated heterocycles. The molecule has 19 heavy (non-hydrogen) atoms. The van der Waals surface area contributed by atoms with Crippen LogP contribution in [-0.2, 0) is 4.74 Å². The number of hydrogen-bond donors (Lipinski definition) is 1. The van der Waals surface area contributed by atoms with Crippen molar-refractivity contribution in [3.8, 4) is 5.75 Å². The van der Waals surface area contributed by atoms with E-state index >= 15 is 0 Å². The number of anilines is 1. The molecule has 0 saturated carbocycles. The highest BCUT2D eigenvalue weighted by Crippen LogP contribution is 2.28. The zero-order valence-electron chi connectivity index (χ0n) is 10.8. The highest BCUT2D eigenvalue weighted by atomic mass is 16.5. The van der Waals surface area contributed by atoms with Crippen molar-refractivity contribution in [3.63, 3.8) is 0 Å². The van der Waals surface area contributed by atoms with Crippen molar-refractivity contribution in [2.24, 2.45) is 0 Å². The summed E-state index contributed by atoms with van der Waals surface area (Å²) in [5.41, 5.74) is 7.40. The van der Waals surface area contributed by atoms with Gasteiger partial charge in [0.25, 0.3) is 0 Å². The highest BCUT2D eigenvalue weighted by molar-refractivity contribution is 5.93. The smallest absolute Gasteiger partial charge is 0.128 e. The van der Waals surface area contributed by atoms with E-state index in [1.807, 2.05) is 24.3 Å². The quantitative estimate of drug-likeness (QED) is 0.857. The molecule has 0 amide bonds. The van der Waals surface area contributed by atoms with Gasteiger partial charge >= 0.3 is 0 Å². The minimum Gasteiger partial charge on any atom is -0.493 e. The van der Waals surface area contributed by atoms with Gasteiger partial charge in [0.2, 0.25) is 0 Å². The lowest BCUT2D eigenvalue weighted by Crippen LogP contribution is -2.10. The van der Waals surface area contributed by atoms with Gasteiger partial charge in [-0.05, 0) is 37.1 Å². The highest BCUT2D eigenvalue weighted by Gasteiger charge is 2.15. The summed E-state index contributed by atoms with van der Waals surface area (Å²) in [5, 5.41) is 0.967. The Morgan fingerprint density at radius 2 is 2.32 bits per heavy atom. The van der Waals surface area contributed by atoms with E-state index < -0.39 is 0 Å². The summed E-state index contributed by atoms with van der Waals surface area (Å²) in [6.07, 6.45) is 5.35. The Hall–Kier alpha value is -1.81. The van der Waals surface area contributed by atoms with Crippen molar-refractivity contribution in [2.75, 3.05) is 18.9 Å². The third kappa shape index (κ3) is 2.63. The second kappa shape index (κ2) is 5.45. The zero-order chi connectivity index (χ0) is 13.1. The van der Waals surface area contributed by atoms with E-state index in [2.05, 4.69) is 4.98 Å². The fraction of sp³-hybridized carbons (Fsp3) is 0.400. The molecule has 1 aromatic carbocycles. The second-order valence-electron chi connectivity index (χ2n) is 4.82. The summed E-state index contributed by atoms with van der Waals surface area (Å²) in [5.74, 6) is 0.843. The van der Waals surface area contributed by atoms with E-state index in [0.717, 1.165) is 36.1 Å². The first kappa shape index (κ1) is 12.2. The number of nitrogens with zero attached hydrogens (tertiary/aromatic N) is 1. The van der Waals surface area contributed by atoms with Crippen LogP contribution in [0, 0.1) is 0 Å². The van der Waals surface area contributed by atoms with Crippen LogP contribution in [0.5, 0.6) is 5.75 Å². The van der Waals surface area contributed by atoms with Crippen molar-refractivity contribution in [1.29, 1.82) is 0 Å². The van der Waals surface area contributed by atoms with E-state index in [4.69, 9.17) is 15.2 Å². The van der Waals surface area contributed by atoms with Gasteiger partial charge in [0.05, 0.1) is 23.9 Å². The normalized spacial score (nSPS) is 18.8. The van der Waals surface area contributed by atoms with E-state index in [9.17, 15) is 0 Å². The molecule has 100 valence electrons. The van der Waals surface area contributed by atoms with Gasteiger partial charge in [-0.25, -0.2) is 0 Å². The maximum Gasteiger partial charge on any atom is 0.128 e. The fourth-order valence-corrected chi connectivity index (χ4v) is 2.47. The van der Waals surface area contributed by atoms with Crippen LogP contribution < -0.4 is 10.5 Å². The van der Waals surface area contributed by atoms with E-state index in [-0.39, 0.29) is 0 Å². The summed E-state index contributed by atoms with van der Waals surface area (Å²) in [4.78, 5) is 4.30. The van der Waals surface area contributed by atoms with Crippen LogP contribution in [0.2, 0.25) is 0 Å². The zero-order valence-corrected chi connectivity index (χ0v) is 10.8. The van der Waals surface area contributed by atoms with Crippen LogP contribution in [-0.4, -0.2) is 24.3 Å². The third-order valence-electron chi connectivity index (χ3n) is 3.48. The van der Waals surface area contributed by atoms with E-state index in [1.165, 1.54) is 6.42 Å². The number of rotatable bonds is 4. The molecule has 2 aromatic rings. The van der Waals surface area contributed by atoms with Gasteiger partial charge in [-0.2, -0.15) is 0 Å². The third-order valence-corrected chi connectivity index (χ3v) is 3.48. The van der Waals surface area contributed by atoms with Crippen LogP contribution in [0.15, 0.2) is 30.5 Å². The number of hydrogen-bond acceptors (Lipinski definition) is 4. The lowest BCUT2D eigenvalue weighted by atomic mass is 10.1. The molecule has 0 aliphatic carbocycles. The number of ether oxygens (including phenoxy) is 2. The Labute approximate surface area is 112 Å². The van der Waals surface area contributed by atoms with Crippen molar-refractivity contribution in [3.05, 3.63) is 30.5 Å². The Balaban J connectivity index is 1.72. The van der Waals surface area contributed by atoms with Gasteiger partial charge in [0.1, 0.15) is 5.75 Å². The minimum absolute atomic E-state index is 0.359. The molecule has 1 aromatic heterocycles. The molecular formula is C15H18N2O2. The lowest BCUT2D eigenvalue weighted by Gasteiger charge is -2.12. The van der Waals surface area contributed by atoms with Gasteiger partial charge in [0, 0.05) is 24.6 Å². The van der Waals surface area contributed by atoms with Gasteiger partial charge in [0.15, 0.2) is 0 Å². The summed E-state index contributed by atoms with van der Waals surface area (Å²) < 4.78 is 11.4. The molecule has 2 heterocycles. The number of aromatic nitrogens is 1. The van der Waals surface area contributed by atoms with Crippen LogP contribution in [0.4, 0.5) is 5.69 Å². The van der Waals surface area contributed by atoms with Crippen LogP contribution in [0.25, 0.3) is 10.9 Å². The van der Waals surface area contributed by atoms with Crippen molar-refractivity contribution >= 4 is 16.6 Å². The number of fused-ring (bicyclic) bond motifs is 1. The molecule has 1 aliphatic rings.